The van der Waals surface area contributed by atoms with Gasteiger partial charge in [-0.05, 0) is 36.2 Å². The molecule has 0 N–H and O–H groups in total. The molecule has 6 nitrogen and oxygen atoms in total. The minimum absolute atomic E-state index is 0.0378. The monoisotopic (exact) mass is 385 g/mol. The predicted octanol–water partition coefficient (Wildman–Crippen LogP) is 2.75. The van der Waals surface area contributed by atoms with Crippen LogP contribution in [-0.2, 0) is 16.4 Å². The lowest BCUT2D eigenvalue weighted by molar-refractivity contribution is -0.603. The maximum atomic E-state index is 13.3. The molecule has 0 saturated heterocycles. The molecule has 2 heterocycles. The van der Waals surface area contributed by atoms with E-state index in [4.69, 9.17) is 16.9 Å². The van der Waals surface area contributed by atoms with Crippen molar-refractivity contribution in [2.75, 3.05) is 10.8 Å². The topological polar surface area (TPSA) is 88.1 Å². The molecule has 0 fully saturated rings. The molecule has 0 aliphatic carbocycles. The van der Waals surface area contributed by atoms with E-state index >= 15 is 0 Å². The molecule has 8 heteroatoms. The summed E-state index contributed by atoms with van der Waals surface area (Å²) in [5.41, 5.74) is 1.78. The summed E-state index contributed by atoms with van der Waals surface area (Å²) in [5, 5.41) is 21.5. The first-order valence-electron chi connectivity index (χ1n) is 7.78. The number of hydrogen-bond donors (Lipinski definition) is 0. The van der Waals surface area contributed by atoms with Crippen molar-refractivity contribution in [1.82, 2.24) is 0 Å². The van der Waals surface area contributed by atoms with Crippen molar-refractivity contribution in [2.24, 2.45) is 0 Å². The second-order valence-corrected chi connectivity index (χ2v) is 8.21. The van der Waals surface area contributed by atoms with Gasteiger partial charge in [0.1, 0.15) is 5.02 Å². The third-order valence-corrected chi connectivity index (χ3v) is 6.58. The molecule has 0 radical (unpaired) electrons. The molecule has 0 bridgehead atoms. The number of fused-ring (bicyclic) bond motifs is 2. The van der Waals surface area contributed by atoms with E-state index in [1.807, 2.05) is 6.07 Å². The van der Waals surface area contributed by atoms with E-state index in [0.717, 1.165) is 11.8 Å². The molecule has 1 aliphatic rings. The van der Waals surface area contributed by atoms with Gasteiger partial charge in [0.2, 0.25) is 0 Å². The van der Waals surface area contributed by atoms with Gasteiger partial charge in [-0.25, -0.2) is 8.42 Å². The minimum Gasteiger partial charge on any atom is -0.619 e. The molecule has 130 valence electrons. The van der Waals surface area contributed by atoms with Crippen LogP contribution in [-0.4, -0.2) is 15.0 Å². The van der Waals surface area contributed by atoms with Gasteiger partial charge in [-0.3, -0.25) is 4.31 Å². The van der Waals surface area contributed by atoms with Crippen molar-refractivity contribution in [1.29, 1.82) is 5.26 Å². The van der Waals surface area contributed by atoms with Crippen molar-refractivity contribution >= 4 is 38.1 Å². The summed E-state index contributed by atoms with van der Waals surface area (Å²) >= 11 is 6.18. The molecule has 2 aromatic carbocycles. The molecule has 0 saturated carbocycles. The van der Waals surface area contributed by atoms with E-state index in [2.05, 4.69) is 0 Å². The number of hydrogen-bond acceptors (Lipinski definition) is 4. The van der Waals surface area contributed by atoms with Gasteiger partial charge in [0, 0.05) is 17.3 Å². The van der Waals surface area contributed by atoms with Gasteiger partial charge in [-0.15, -0.1) is 0 Å². The summed E-state index contributed by atoms with van der Waals surface area (Å²) in [5.74, 6) is 0. The molecule has 3 aromatic rings. The Morgan fingerprint density at radius 2 is 2.04 bits per heavy atom. The Hall–Kier alpha value is -2.82. The number of aromatic nitrogens is 1. The molecule has 0 spiro atoms. The summed E-state index contributed by atoms with van der Waals surface area (Å²) in [4.78, 5) is 0.0378. The Kier molecular flexibility index (Phi) is 3.75. The molecule has 0 unspecified atom stereocenters. The number of sulfonamides is 1. The Balaban J connectivity index is 1.93. The number of benzene rings is 2. The number of nitriles is 1. The average molecular weight is 386 g/mol. The first-order valence-corrected chi connectivity index (χ1v) is 9.60. The van der Waals surface area contributed by atoms with Crippen LogP contribution in [0.2, 0.25) is 5.02 Å². The molecule has 0 amide bonds. The second kappa shape index (κ2) is 5.87. The summed E-state index contributed by atoms with van der Waals surface area (Å²) < 4.78 is 28.5. The molecular formula is C18H12ClN3O3S. The largest absolute Gasteiger partial charge is 0.619 e. The summed E-state index contributed by atoms with van der Waals surface area (Å²) in [6, 6.07) is 11.8. The lowest BCUT2D eigenvalue weighted by Crippen LogP contribution is -2.30. The Morgan fingerprint density at radius 3 is 2.81 bits per heavy atom. The van der Waals surface area contributed by atoms with Crippen LogP contribution >= 0.6 is 11.6 Å². The van der Waals surface area contributed by atoms with Crippen LogP contribution in [0.5, 0.6) is 0 Å². The first-order chi connectivity index (χ1) is 12.4. The highest BCUT2D eigenvalue weighted by atomic mass is 35.5. The summed E-state index contributed by atoms with van der Waals surface area (Å²) in [6.07, 6.45) is 2.99. The zero-order valence-electron chi connectivity index (χ0n) is 13.4. The second-order valence-electron chi connectivity index (χ2n) is 5.97. The Bertz CT molecular complexity index is 1200. The Morgan fingerprint density at radius 1 is 1.23 bits per heavy atom. The standard InChI is InChI=1S/C18H12ClN3O3S/c19-15-11-21(23)10-14-2-1-3-17(18(14)15)26(24,25)22-7-6-13-5-4-12(9-20)8-16(13)22/h1-5,8,10-11H,6-7H2. The fourth-order valence-corrected chi connectivity index (χ4v) is 5.36. The van der Waals surface area contributed by atoms with Crippen LogP contribution in [0, 0.1) is 16.5 Å². The van der Waals surface area contributed by atoms with E-state index < -0.39 is 10.0 Å². The van der Waals surface area contributed by atoms with Gasteiger partial charge in [0.05, 0.1) is 22.2 Å². The predicted molar refractivity (Wildman–Crippen MR) is 97.3 cm³/mol. The molecule has 0 atom stereocenters. The highest BCUT2D eigenvalue weighted by Gasteiger charge is 2.33. The van der Waals surface area contributed by atoms with E-state index in [1.54, 1.807) is 30.3 Å². The number of pyridine rings is 1. The highest BCUT2D eigenvalue weighted by molar-refractivity contribution is 7.93. The van der Waals surface area contributed by atoms with Crippen LogP contribution in [0.15, 0.2) is 53.7 Å². The molecule has 1 aliphatic heterocycles. The molecule has 1 aromatic heterocycles. The number of halogens is 1. The molecule has 4 rings (SSSR count). The Labute approximate surface area is 155 Å². The zero-order valence-corrected chi connectivity index (χ0v) is 15.0. The number of rotatable bonds is 2. The van der Waals surface area contributed by atoms with Gasteiger partial charge in [0.25, 0.3) is 10.0 Å². The third kappa shape index (κ3) is 2.46. The molecular weight excluding hydrogens is 374 g/mol. The number of nitrogens with zero attached hydrogens (tertiary/aromatic N) is 3. The lowest BCUT2D eigenvalue weighted by Gasteiger charge is -2.21. The minimum atomic E-state index is -3.91. The van der Waals surface area contributed by atoms with Crippen LogP contribution in [0.25, 0.3) is 10.8 Å². The number of anilines is 1. The fraction of sp³-hybridized carbons (Fsp3) is 0.111. The normalized spacial score (nSPS) is 13.6. The van der Waals surface area contributed by atoms with Gasteiger partial charge in [-0.2, -0.15) is 9.99 Å². The van der Waals surface area contributed by atoms with Crippen molar-refractivity contribution in [3.63, 3.8) is 0 Å². The maximum Gasteiger partial charge on any atom is 0.265 e. The fourth-order valence-electron chi connectivity index (χ4n) is 3.26. The van der Waals surface area contributed by atoms with Gasteiger partial charge < -0.3 is 5.21 Å². The van der Waals surface area contributed by atoms with Gasteiger partial charge >= 0.3 is 0 Å². The lowest BCUT2D eigenvalue weighted by atomic mass is 10.1. The quantitative estimate of drug-likeness (QED) is 0.501. The smallest absolute Gasteiger partial charge is 0.265 e. The SMILES string of the molecule is N#Cc1ccc2c(c1)N(S(=O)(=O)c1cccc3c[n+]([O-])cc(Cl)c13)CC2. The van der Waals surface area contributed by atoms with Crippen molar-refractivity contribution in [3.05, 3.63) is 70.1 Å². The highest BCUT2D eigenvalue weighted by Crippen LogP contribution is 2.37. The van der Waals surface area contributed by atoms with E-state index in [9.17, 15) is 13.6 Å². The van der Waals surface area contributed by atoms with Gasteiger partial charge in [0.15, 0.2) is 12.4 Å². The summed E-state index contributed by atoms with van der Waals surface area (Å²) in [7, 11) is -3.91. The van der Waals surface area contributed by atoms with Crippen LogP contribution in [0.1, 0.15) is 11.1 Å². The van der Waals surface area contributed by atoms with Gasteiger partial charge in [-0.1, -0.05) is 23.7 Å². The summed E-state index contributed by atoms with van der Waals surface area (Å²) in [6.45, 7) is 0.287. The van der Waals surface area contributed by atoms with Crippen molar-refractivity contribution in [2.45, 2.75) is 11.3 Å². The zero-order chi connectivity index (χ0) is 18.5. The third-order valence-electron chi connectivity index (χ3n) is 4.44. The average Bonchev–Trinajstić information content (AvgIpc) is 3.04. The maximum absolute atomic E-state index is 13.3. The first kappa shape index (κ1) is 16.6. The molecule has 26 heavy (non-hydrogen) atoms. The van der Waals surface area contributed by atoms with Crippen LogP contribution < -0.4 is 9.04 Å². The van der Waals surface area contributed by atoms with E-state index in [0.29, 0.717) is 33.2 Å². The van der Waals surface area contributed by atoms with Crippen molar-refractivity contribution in [3.8, 4) is 6.07 Å². The van der Waals surface area contributed by atoms with E-state index in [1.165, 1.54) is 16.6 Å². The van der Waals surface area contributed by atoms with E-state index in [-0.39, 0.29) is 16.5 Å². The van der Waals surface area contributed by atoms with Crippen molar-refractivity contribution < 1.29 is 13.1 Å². The van der Waals surface area contributed by atoms with Crippen LogP contribution in [0.3, 0.4) is 0 Å². The van der Waals surface area contributed by atoms with Crippen LogP contribution in [0.4, 0.5) is 5.69 Å².